The van der Waals surface area contributed by atoms with Crippen LogP contribution in [-0.2, 0) is 16.1 Å². The third-order valence-corrected chi connectivity index (χ3v) is 4.45. The first-order chi connectivity index (χ1) is 12.1. The zero-order chi connectivity index (χ0) is 17.8. The predicted octanol–water partition coefficient (Wildman–Crippen LogP) is 2.61. The van der Waals surface area contributed by atoms with Crippen LogP contribution in [0.25, 0.3) is 10.2 Å². The smallest absolute Gasteiger partial charge is 0.325 e. The Bertz CT molecular complexity index is 969. The number of methoxy groups -OCH3 is 1. The van der Waals surface area contributed by atoms with E-state index >= 15 is 0 Å². The van der Waals surface area contributed by atoms with Crippen molar-refractivity contribution in [3.05, 3.63) is 47.2 Å². The fourth-order valence-corrected chi connectivity index (χ4v) is 3.34. The van der Waals surface area contributed by atoms with Gasteiger partial charge in [0.2, 0.25) is 0 Å². The van der Waals surface area contributed by atoms with E-state index in [9.17, 15) is 9.59 Å². The Morgan fingerprint density at radius 2 is 2.16 bits per heavy atom. The number of amides is 1. The van der Waals surface area contributed by atoms with Crippen LogP contribution in [0.5, 0.6) is 5.75 Å². The van der Waals surface area contributed by atoms with Crippen molar-refractivity contribution in [2.45, 2.75) is 13.5 Å². The molecule has 0 radical (unpaired) electrons. The number of aromatic nitrogens is 1. The third-order valence-electron chi connectivity index (χ3n) is 3.41. The third kappa shape index (κ3) is 3.63. The van der Waals surface area contributed by atoms with E-state index in [1.165, 1.54) is 30.8 Å². The van der Waals surface area contributed by atoms with Crippen LogP contribution in [0.4, 0.5) is 0 Å². The van der Waals surface area contributed by atoms with Crippen molar-refractivity contribution in [2.24, 2.45) is 4.99 Å². The molecule has 8 heteroatoms. The molecule has 0 saturated carbocycles. The van der Waals surface area contributed by atoms with Gasteiger partial charge in [-0.2, -0.15) is 4.99 Å². The Balaban J connectivity index is 2.12. The average molecular weight is 360 g/mol. The summed E-state index contributed by atoms with van der Waals surface area (Å²) in [6, 6.07) is 8.65. The van der Waals surface area contributed by atoms with E-state index in [2.05, 4.69) is 4.99 Å². The second-order valence-electron chi connectivity index (χ2n) is 5.00. The van der Waals surface area contributed by atoms with Crippen molar-refractivity contribution < 1.29 is 23.5 Å². The molecular weight excluding hydrogens is 344 g/mol. The maximum atomic E-state index is 12.2. The van der Waals surface area contributed by atoms with E-state index in [1.54, 1.807) is 10.6 Å². The number of carbonyl (C=O) groups is 2. The lowest BCUT2D eigenvalue weighted by Gasteiger charge is -2.05. The molecule has 0 atom stereocenters. The van der Waals surface area contributed by atoms with Crippen molar-refractivity contribution >= 4 is 33.4 Å². The minimum absolute atomic E-state index is 0.0469. The summed E-state index contributed by atoms with van der Waals surface area (Å²) in [5.74, 6) is -0.0943. The van der Waals surface area contributed by atoms with Gasteiger partial charge < -0.3 is 18.5 Å². The largest absolute Gasteiger partial charge is 0.494 e. The molecule has 1 amide bonds. The lowest BCUT2D eigenvalue weighted by Crippen LogP contribution is -2.22. The predicted molar refractivity (Wildman–Crippen MR) is 91.6 cm³/mol. The van der Waals surface area contributed by atoms with E-state index in [1.807, 2.05) is 25.1 Å². The van der Waals surface area contributed by atoms with Gasteiger partial charge in [0.25, 0.3) is 0 Å². The molecule has 0 aliphatic heterocycles. The van der Waals surface area contributed by atoms with Crippen molar-refractivity contribution in [1.29, 1.82) is 0 Å². The van der Waals surface area contributed by atoms with E-state index in [0.29, 0.717) is 17.2 Å². The molecule has 0 aliphatic rings. The summed E-state index contributed by atoms with van der Waals surface area (Å²) in [5.41, 5.74) is 0.768. The first-order valence-electron chi connectivity index (χ1n) is 7.58. The van der Waals surface area contributed by atoms with Gasteiger partial charge in [0.15, 0.2) is 10.6 Å². The van der Waals surface area contributed by atoms with Gasteiger partial charge in [-0.05, 0) is 37.3 Å². The molecule has 0 bridgehead atoms. The fraction of sp³-hybridized carbons (Fsp3) is 0.235. The number of hydrogen-bond acceptors (Lipinski definition) is 6. The van der Waals surface area contributed by atoms with Crippen LogP contribution < -0.4 is 9.54 Å². The van der Waals surface area contributed by atoms with E-state index in [0.717, 1.165) is 10.2 Å². The van der Waals surface area contributed by atoms with Crippen LogP contribution in [0.2, 0.25) is 0 Å². The molecule has 0 saturated heterocycles. The highest BCUT2D eigenvalue weighted by Crippen LogP contribution is 2.23. The zero-order valence-electron chi connectivity index (χ0n) is 13.7. The van der Waals surface area contributed by atoms with Gasteiger partial charge in [0.1, 0.15) is 12.3 Å². The molecule has 3 aromatic rings. The Hall–Kier alpha value is -2.87. The number of esters is 1. The monoisotopic (exact) mass is 360 g/mol. The minimum atomic E-state index is -0.514. The van der Waals surface area contributed by atoms with Gasteiger partial charge in [-0.1, -0.05) is 11.3 Å². The lowest BCUT2D eigenvalue weighted by atomic mass is 10.3. The molecule has 7 nitrogen and oxygen atoms in total. The molecule has 0 unspecified atom stereocenters. The summed E-state index contributed by atoms with van der Waals surface area (Å²) >= 11 is 1.29. The molecule has 0 spiro atoms. The molecule has 25 heavy (non-hydrogen) atoms. The maximum absolute atomic E-state index is 12.2. The normalized spacial score (nSPS) is 11.7. The van der Waals surface area contributed by atoms with Gasteiger partial charge in [0, 0.05) is 0 Å². The van der Waals surface area contributed by atoms with Crippen LogP contribution >= 0.6 is 11.3 Å². The lowest BCUT2D eigenvalue weighted by molar-refractivity contribution is -0.141. The number of fused-ring (bicyclic) bond motifs is 1. The topological polar surface area (TPSA) is 83.0 Å². The average Bonchev–Trinajstić information content (AvgIpc) is 3.24. The summed E-state index contributed by atoms with van der Waals surface area (Å²) in [6.07, 6.45) is 1.41. The number of rotatable bonds is 5. The zero-order valence-corrected chi connectivity index (χ0v) is 14.5. The maximum Gasteiger partial charge on any atom is 0.325 e. The van der Waals surface area contributed by atoms with Crippen molar-refractivity contribution in [1.82, 2.24) is 4.57 Å². The molecule has 1 aromatic carbocycles. The van der Waals surface area contributed by atoms with Crippen molar-refractivity contribution in [3.63, 3.8) is 0 Å². The van der Waals surface area contributed by atoms with Gasteiger partial charge in [-0.3, -0.25) is 9.59 Å². The molecule has 130 valence electrons. The molecule has 0 N–H and O–H groups in total. The standard InChI is InChI=1S/C17H16N2O5S/c1-3-23-11-6-7-12-14(9-11)25-17(19(12)10-15(20)22-2)18-16(21)13-5-4-8-24-13/h4-9H,3,10H2,1-2H3. The second-order valence-corrected chi connectivity index (χ2v) is 6.01. The molecule has 2 aromatic heterocycles. The highest BCUT2D eigenvalue weighted by molar-refractivity contribution is 7.16. The van der Waals surface area contributed by atoms with Crippen LogP contribution in [0.1, 0.15) is 17.5 Å². The second kappa shape index (κ2) is 7.35. The van der Waals surface area contributed by atoms with Crippen LogP contribution in [-0.4, -0.2) is 30.2 Å². The molecule has 0 aliphatic carbocycles. The van der Waals surface area contributed by atoms with Crippen LogP contribution in [0.15, 0.2) is 46.0 Å². The minimum Gasteiger partial charge on any atom is -0.494 e. The van der Waals surface area contributed by atoms with E-state index < -0.39 is 11.9 Å². The SMILES string of the molecule is CCOc1ccc2c(c1)sc(=NC(=O)c1ccco1)n2CC(=O)OC. The Morgan fingerprint density at radius 1 is 1.32 bits per heavy atom. The molecular formula is C17H16N2O5S. The number of thiazole rings is 1. The van der Waals surface area contributed by atoms with Gasteiger partial charge in [-0.25, -0.2) is 0 Å². The number of benzene rings is 1. The molecule has 2 heterocycles. The quantitative estimate of drug-likeness (QED) is 0.653. The number of nitrogens with zero attached hydrogens (tertiary/aromatic N) is 2. The van der Waals surface area contributed by atoms with Gasteiger partial charge >= 0.3 is 11.9 Å². The number of carbonyl (C=O) groups excluding carboxylic acids is 2. The number of ether oxygens (including phenoxy) is 2. The van der Waals surface area contributed by atoms with Crippen molar-refractivity contribution in [3.8, 4) is 5.75 Å². The summed E-state index contributed by atoms with van der Waals surface area (Å²) in [5, 5.41) is 0. The molecule has 3 rings (SSSR count). The first-order valence-corrected chi connectivity index (χ1v) is 8.39. The van der Waals surface area contributed by atoms with Crippen LogP contribution in [0.3, 0.4) is 0 Å². The summed E-state index contributed by atoms with van der Waals surface area (Å²) < 4.78 is 17.8. The Labute approximate surface area is 147 Å². The summed E-state index contributed by atoms with van der Waals surface area (Å²) in [4.78, 5) is 28.5. The van der Waals surface area contributed by atoms with E-state index in [4.69, 9.17) is 13.9 Å². The fourth-order valence-electron chi connectivity index (χ4n) is 2.28. The van der Waals surface area contributed by atoms with Gasteiger partial charge in [0.05, 0.1) is 30.2 Å². The van der Waals surface area contributed by atoms with Crippen LogP contribution in [0, 0.1) is 0 Å². The van der Waals surface area contributed by atoms with Crippen molar-refractivity contribution in [2.75, 3.05) is 13.7 Å². The number of furan rings is 1. The molecule has 0 fully saturated rings. The highest BCUT2D eigenvalue weighted by atomic mass is 32.1. The number of hydrogen-bond donors (Lipinski definition) is 0. The highest BCUT2D eigenvalue weighted by Gasteiger charge is 2.14. The Kier molecular flexibility index (Phi) is 4.99. The Morgan fingerprint density at radius 3 is 2.84 bits per heavy atom. The summed E-state index contributed by atoms with van der Waals surface area (Å²) in [6.45, 7) is 2.40. The first kappa shape index (κ1) is 17.0. The van der Waals surface area contributed by atoms with Gasteiger partial charge in [-0.15, -0.1) is 0 Å². The summed E-state index contributed by atoms with van der Waals surface area (Å²) in [7, 11) is 1.31. The van der Waals surface area contributed by atoms with E-state index in [-0.39, 0.29) is 12.3 Å².